The summed E-state index contributed by atoms with van der Waals surface area (Å²) >= 11 is 0. The molecule has 1 aromatic carbocycles. The first-order valence-corrected chi connectivity index (χ1v) is 10.0. The monoisotopic (exact) mass is 378 g/mol. The van der Waals surface area contributed by atoms with Gasteiger partial charge in [-0.15, -0.1) is 0 Å². The van der Waals surface area contributed by atoms with Gasteiger partial charge in [0.2, 0.25) is 11.8 Å². The molecule has 148 valence electrons. The van der Waals surface area contributed by atoms with E-state index in [-0.39, 0.29) is 11.8 Å². The number of carbonyl (C=O) groups is 2. The molecular formula is C21H28F2N2O2. The van der Waals surface area contributed by atoms with Crippen LogP contribution in [-0.2, 0) is 16.0 Å². The summed E-state index contributed by atoms with van der Waals surface area (Å²) in [5.41, 5.74) is 0.793. The van der Waals surface area contributed by atoms with Gasteiger partial charge in [0.05, 0.1) is 0 Å². The van der Waals surface area contributed by atoms with Crippen molar-refractivity contribution in [2.24, 2.45) is 5.92 Å². The lowest BCUT2D eigenvalue weighted by Crippen LogP contribution is -2.43. The molecule has 0 N–H and O–H groups in total. The second-order valence-corrected chi connectivity index (χ2v) is 7.72. The second kappa shape index (κ2) is 9.29. The predicted molar refractivity (Wildman–Crippen MR) is 99.0 cm³/mol. The molecule has 3 rings (SSSR count). The Hall–Kier alpha value is -1.98. The lowest BCUT2D eigenvalue weighted by Gasteiger charge is -2.34. The zero-order valence-electron chi connectivity index (χ0n) is 15.8. The maximum absolute atomic E-state index is 13.3. The average Bonchev–Trinajstić information content (AvgIpc) is 2.68. The largest absolute Gasteiger partial charge is 0.342 e. The van der Waals surface area contributed by atoms with Crippen molar-refractivity contribution >= 4 is 11.8 Å². The molecule has 1 atom stereocenters. The Labute approximate surface area is 159 Å². The Morgan fingerprint density at radius 1 is 1.11 bits per heavy atom. The molecule has 0 aliphatic carbocycles. The van der Waals surface area contributed by atoms with E-state index in [4.69, 9.17) is 0 Å². The quantitative estimate of drug-likeness (QED) is 0.760. The first-order valence-electron chi connectivity index (χ1n) is 10.0. The number of likely N-dealkylation sites (tertiary alicyclic amines) is 2. The highest BCUT2D eigenvalue weighted by Gasteiger charge is 2.25. The van der Waals surface area contributed by atoms with Crippen molar-refractivity contribution in [1.29, 1.82) is 0 Å². The summed E-state index contributed by atoms with van der Waals surface area (Å²) in [6, 6.07) is 4.06. The van der Waals surface area contributed by atoms with Crippen LogP contribution in [0.15, 0.2) is 18.2 Å². The maximum atomic E-state index is 13.3. The van der Waals surface area contributed by atoms with E-state index in [0.717, 1.165) is 57.3 Å². The molecular weight excluding hydrogens is 350 g/mol. The van der Waals surface area contributed by atoms with Gasteiger partial charge < -0.3 is 9.80 Å². The van der Waals surface area contributed by atoms with E-state index in [1.54, 1.807) is 6.07 Å². The smallest absolute Gasteiger partial charge is 0.224 e. The van der Waals surface area contributed by atoms with Crippen LogP contribution in [0.25, 0.3) is 0 Å². The zero-order chi connectivity index (χ0) is 19.2. The van der Waals surface area contributed by atoms with Crippen molar-refractivity contribution in [3.63, 3.8) is 0 Å². The Morgan fingerprint density at radius 3 is 2.74 bits per heavy atom. The van der Waals surface area contributed by atoms with Gasteiger partial charge in [-0.05, 0) is 62.1 Å². The fourth-order valence-corrected chi connectivity index (χ4v) is 4.08. The Bertz CT molecular complexity index is 680. The van der Waals surface area contributed by atoms with Crippen molar-refractivity contribution in [3.05, 3.63) is 35.4 Å². The molecule has 0 radical (unpaired) electrons. The molecule has 2 fully saturated rings. The number of hydrogen-bond donors (Lipinski definition) is 0. The molecule has 0 aromatic heterocycles. The number of aryl methyl sites for hydroxylation is 1. The lowest BCUT2D eigenvalue weighted by molar-refractivity contribution is -0.136. The minimum Gasteiger partial charge on any atom is -0.342 e. The molecule has 2 aliphatic rings. The van der Waals surface area contributed by atoms with Crippen LogP contribution < -0.4 is 0 Å². The maximum Gasteiger partial charge on any atom is 0.224 e. The van der Waals surface area contributed by atoms with E-state index in [0.29, 0.717) is 31.7 Å². The predicted octanol–water partition coefficient (Wildman–Crippen LogP) is 3.54. The number of piperidine rings is 2. The number of rotatable bonds is 6. The van der Waals surface area contributed by atoms with Crippen molar-refractivity contribution in [1.82, 2.24) is 9.80 Å². The van der Waals surface area contributed by atoms with Gasteiger partial charge in [0.1, 0.15) is 0 Å². The summed E-state index contributed by atoms with van der Waals surface area (Å²) in [4.78, 5) is 28.1. The van der Waals surface area contributed by atoms with Crippen molar-refractivity contribution in [3.8, 4) is 0 Å². The number of benzene rings is 1. The summed E-state index contributed by atoms with van der Waals surface area (Å²) in [5, 5.41) is 0. The highest BCUT2D eigenvalue weighted by molar-refractivity contribution is 5.79. The molecule has 4 nitrogen and oxygen atoms in total. The van der Waals surface area contributed by atoms with Gasteiger partial charge in [0.15, 0.2) is 11.6 Å². The molecule has 1 aromatic rings. The summed E-state index contributed by atoms with van der Waals surface area (Å²) in [5.74, 6) is -0.962. The standard InChI is InChI=1S/C21H28F2N2O2/c22-18-9-8-16(14-19(18)23)6-7-17-4-3-12-25(15-17)21(27)10-13-24-11-2-1-5-20(24)26/h8-9,14,17H,1-7,10-13,15H2/t17-/m1/s1. The molecule has 0 spiro atoms. The summed E-state index contributed by atoms with van der Waals surface area (Å²) in [6.07, 6.45) is 6.54. The lowest BCUT2D eigenvalue weighted by atomic mass is 9.91. The number of amides is 2. The van der Waals surface area contributed by atoms with Gasteiger partial charge in [0, 0.05) is 39.0 Å². The molecule has 2 saturated heterocycles. The van der Waals surface area contributed by atoms with Crippen LogP contribution in [0.5, 0.6) is 0 Å². The third-order valence-corrected chi connectivity index (χ3v) is 5.71. The van der Waals surface area contributed by atoms with E-state index in [1.165, 1.54) is 12.1 Å². The normalized spacial score (nSPS) is 20.8. The first-order chi connectivity index (χ1) is 13.0. The van der Waals surface area contributed by atoms with Crippen LogP contribution in [0, 0.1) is 17.6 Å². The summed E-state index contributed by atoms with van der Waals surface area (Å²) in [7, 11) is 0. The molecule has 6 heteroatoms. The van der Waals surface area contributed by atoms with Crippen LogP contribution in [0.3, 0.4) is 0 Å². The highest BCUT2D eigenvalue weighted by Crippen LogP contribution is 2.23. The van der Waals surface area contributed by atoms with Crippen LogP contribution in [0.1, 0.15) is 50.5 Å². The number of halogens is 2. The van der Waals surface area contributed by atoms with Crippen LogP contribution in [0.2, 0.25) is 0 Å². The van der Waals surface area contributed by atoms with Crippen molar-refractivity contribution in [2.45, 2.75) is 51.4 Å². The fourth-order valence-electron chi connectivity index (χ4n) is 4.08. The Morgan fingerprint density at radius 2 is 1.96 bits per heavy atom. The molecule has 2 heterocycles. The van der Waals surface area contributed by atoms with Crippen LogP contribution in [-0.4, -0.2) is 47.8 Å². The molecule has 0 saturated carbocycles. The number of hydrogen-bond acceptors (Lipinski definition) is 2. The Balaban J connectivity index is 1.44. The van der Waals surface area contributed by atoms with Gasteiger partial charge in [-0.3, -0.25) is 9.59 Å². The van der Waals surface area contributed by atoms with E-state index in [1.807, 2.05) is 9.80 Å². The van der Waals surface area contributed by atoms with Gasteiger partial charge in [-0.2, -0.15) is 0 Å². The summed E-state index contributed by atoms with van der Waals surface area (Å²) in [6.45, 7) is 2.78. The minimum absolute atomic E-state index is 0.117. The molecule has 0 unspecified atom stereocenters. The average molecular weight is 378 g/mol. The van der Waals surface area contributed by atoms with Gasteiger partial charge >= 0.3 is 0 Å². The zero-order valence-corrected chi connectivity index (χ0v) is 15.8. The minimum atomic E-state index is -0.819. The van der Waals surface area contributed by atoms with Crippen LogP contribution in [0.4, 0.5) is 8.78 Å². The molecule has 0 bridgehead atoms. The van der Waals surface area contributed by atoms with Crippen LogP contribution >= 0.6 is 0 Å². The van der Waals surface area contributed by atoms with E-state index < -0.39 is 11.6 Å². The Kier molecular flexibility index (Phi) is 6.80. The number of nitrogens with zero attached hydrogens (tertiary/aromatic N) is 2. The van der Waals surface area contributed by atoms with Gasteiger partial charge in [0.25, 0.3) is 0 Å². The van der Waals surface area contributed by atoms with E-state index in [2.05, 4.69) is 0 Å². The topological polar surface area (TPSA) is 40.6 Å². The molecule has 2 aliphatic heterocycles. The van der Waals surface area contributed by atoms with Crippen molar-refractivity contribution < 1.29 is 18.4 Å². The SMILES string of the molecule is O=C1CCCCN1CCC(=O)N1CCC[C@H](CCc2ccc(F)c(F)c2)C1. The second-order valence-electron chi connectivity index (χ2n) is 7.72. The fraction of sp³-hybridized carbons (Fsp3) is 0.619. The highest BCUT2D eigenvalue weighted by atomic mass is 19.2. The first kappa shape index (κ1) is 19.8. The number of carbonyl (C=O) groups excluding carboxylic acids is 2. The molecule has 27 heavy (non-hydrogen) atoms. The van der Waals surface area contributed by atoms with E-state index in [9.17, 15) is 18.4 Å². The summed E-state index contributed by atoms with van der Waals surface area (Å²) < 4.78 is 26.3. The van der Waals surface area contributed by atoms with Gasteiger partial charge in [-0.1, -0.05) is 6.07 Å². The third kappa shape index (κ3) is 5.50. The van der Waals surface area contributed by atoms with E-state index >= 15 is 0 Å². The van der Waals surface area contributed by atoms with Crippen molar-refractivity contribution in [2.75, 3.05) is 26.2 Å². The third-order valence-electron chi connectivity index (χ3n) is 5.71. The van der Waals surface area contributed by atoms with Gasteiger partial charge in [-0.25, -0.2) is 8.78 Å². The molecule has 2 amide bonds.